The summed E-state index contributed by atoms with van der Waals surface area (Å²) >= 11 is 0. The number of hydrogen-bond donors (Lipinski definition) is 1. The van der Waals surface area contributed by atoms with Gasteiger partial charge < -0.3 is 19.7 Å². The maximum atomic E-state index is 13.1. The fourth-order valence-corrected chi connectivity index (χ4v) is 3.09. The molecule has 0 aliphatic heterocycles. The molecule has 1 N–H and O–H groups in total. The van der Waals surface area contributed by atoms with Crippen LogP contribution in [0.25, 0.3) is 0 Å². The van der Waals surface area contributed by atoms with E-state index < -0.39 is 6.04 Å². The predicted molar refractivity (Wildman–Crippen MR) is 118 cm³/mol. The molecule has 0 aliphatic rings. The number of benzene rings is 2. The molecule has 0 heterocycles. The molecular weight excluding hydrogens is 380 g/mol. The van der Waals surface area contributed by atoms with E-state index >= 15 is 0 Å². The van der Waals surface area contributed by atoms with Crippen LogP contribution >= 0.6 is 0 Å². The first kappa shape index (κ1) is 23.3. The molecule has 2 rings (SSSR count). The normalized spacial score (nSPS) is 11.7. The molecule has 2 aromatic rings. The highest BCUT2D eigenvalue weighted by Crippen LogP contribution is 2.18. The van der Waals surface area contributed by atoms with Crippen molar-refractivity contribution in [3.8, 4) is 11.5 Å². The standard InChI is InChI=1S/C24H32N2O4/c1-6-22(24(28)25-17(2)3)26(15-19-9-7-18(4)8-10-19)23(27)16-30-21-13-11-20(29-5)12-14-21/h7-14,17,22H,6,15-16H2,1-5H3,(H,25,28)/t22-/m0/s1. The molecule has 0 bridgehead atoms. The molecule has 1 atom stereocenters. The summed E-state index contributed by atoms with van der Waals surface area (Å²) in [5.74, 6) is 0.889. The highest BCUT2D eigenvalue weighted by Gasteiger charge is 2.29. The van der Waals surface area contributed by atoms with Crippen LogP contribution in [0.15, 0.2) is 48.5 Å². The molecule has 0 saturated heterocycles. The predicted octanol–water partition coefficient (Wildman–Crippen LogP) is 3.71. The Morgan fingerprint density at radius 2 is 1.60 bits per heavy atom. The van der Waals surface area contributed by atoms with Crippen molar-refractivity contribution in [3.63, 3.8) is 0 Å². The smallest absolute Gasteiger partial charge is 0.261 e. The lowest BCUT2D eigenvalue weighted by Gasteiger charge is -2.31. The number of amides is 2. The minimum Gasteiger partial charge on any atom is -0.497 e. The maximum Gasteiger partial charge on any atom is 0.261 e. The van der Waals surface area contributed by atoms with Gasteiger partial charge in [-0.2, -0.15) is 0 Å². The second-order valence-corrected chi connectivity index (χ2v) is 7.56. The van der Waals surface area contributed by atoms with Crippen LogP contribution in [0.2, 0.25) is 0 Å². The molecule has 6 heteroatoms. The molecular formula is C24H32N2O4. The summed E-state index contributed by atoms with van der Waals surface area (Å²) in [5, 5.41) is 2.92. The lowest BCUT2D eigenvalue weighted by Crippen LogP contribution is -2.51. The lowest BCUT2D eigenvalue weighted by molar-refractivity contribution is -0.143. The van der Waals surface area contributed by atoms with Crippen molar-refractivity contribution in [2.24, 2.45) is 0 Å². The van der Waals surface area contributed by atoms with Gasteiger partial charge in [0.25, 0.3) is 5.91 Å². The fraction of sp³-hybridized carbons (Fsp3) is 0.417. The topological polar surface area (TPSA) is 67.9 Å². The highest BCUT2D eigenvalue weighted by atomic mass is 16.5. The van der Waals surface area contributed by atoms with Crippen LogP contribution in [0.3, 0.4) is 0 Å². The quantitative estimate of drug-likeness (QED) is 0.646. The van der Waals surface area contributed by atoms with Gasteiger partial charge in [0.05, 0.1) is 7.11 Å². The van der Waals surface area contributed by atoms with Crippen molar-refractivity contribution in [1.29, 1.82) is 0 Å². The number of ether oxygens (including phenoxy) is 2. The fourth-order valence-electron chi connectivity index (χ4n) is 3.09. The molecule has 0 unspecified atom stereocenters. The van der Waals surface area contributed by atoms with Crippen molar-refractivity contribution in [1.82, 2.24) is 10.2 Å². The van der Waals surface area contributed by atoms with Gasteiger partial charge in [-0.15, -0.1) is 0 Å². The Bertz CT molecular complexity index is 816. The van der Waals surface area contributed by atoms with E-state index in [0.717, 1.165) is 11.1 Å². The largest absolute Gasteiger partial charge is 0.497 e. The first-order valence-corrected chi connectivity index (χ1v) is 10.3. The Balaban J connectivity index is 2.17. The van der Waals surface area contributed by atoms with E-state index in [1.165, 1.54) is 0 Å². The van der Waals surface area contributed by atoms with Crippen LogP contribution in [0.4, 0.5) is 0 Å². The van der Waals surface area contributed by atoms with E-state index in [4.69, 9.17) is 9.47 Å². The third kappa shape index (κ3) is 6.79. The zero-order chi connectivity index (χ0) is 22.1. The van der Waals surface area contributed by atoms with Gasteiger partial charge in [-0.1, -0.05) is 36.8 Å². The number of carbonyl (C=O) groups excluding carboxylic acids is 2. The average Bonchev–Trinajstić information content (AvgIpc) is 2.73. The van der Waals surface area contributed by atoms with Gasteiger partial charge in [0.2, 0.25) is 5.91 Å². The molecule has 2 amide bonds. The zero-order valence-electron chi connectivity index (χ0n) is 18.5. The van der Waals surface area contributed by atoms with E-state index in [2.05, 4.69) is 5.32 Å². The summed E-state index contributed by atoms with van der Waals surface area (Å²) in [6.45, 7) is 7.93. The highest BCUT2D eigenvalue weighted by molar-refractivity contribution is 5.88. The van der Waals surface area contributed by atoms with Crippen molar-refractivity contribution >= 4 is 11.8 Å². The first-order valence-electron chi connectivity index (χ1n) is 10.3. The second kappa shape index (κ2) is 11.2. The molecule has 30 heavy (non-hydrogen) atoms. The number of nitrogens with zero attached hydrogens (tertiary/aromatic N) is 1. The van der Waals surface area contributed by atoms with E-state index in [0.29, 0.717) is 24.5 Å². The third-order valence-corrected chi connectivity index (χ3v) is 4.71. The van der Waals surface area contributed by atoms with Crippen molar-refractivity contribution in [2.45, 2.75) is 52.7 Å². The first-order chi connectivity index (χ1) is 14.3. The monoisotopic (exact) mass is 412 g/mol. The summed E-state index contributed by atoms with van der Waals surface area (Å²) in [6.07, 6.45) is 0.513. The Morgan fingerprint density at radius 3 is 2.13 bits per heavy atom. The van der Waals surface area contributed by atoms with Crippen LogP contribution in [0, 0.1) is 6.92 Å². The van der Waals surface area contributed by atoms with Crippen molar-refractivity contribution < 1.29 is 19.1 Å². The zero-order valence-corrected chi connectivity index (χ0v) is 18.5. The van der Waals surface area contributed by atoms with Gasteiger partial charge in [-0.05, 0) is 57.0 Å². The molecule has 0 aromatic heterocycles. The minimum atomic E-state index is -0.569. The van der Waals surface area contributed by atoms with Gasteiger partial charge in [0.15, 0.2) is 6.61 Å². The average molecular weight is 413 g/mol. The number of rotatable bonds is 10. The van der Waals surface area contributed by atoms with Gasteiger partial charge in [0.1, 0.15) is 17.5 Å². The van der Waals surface area contributed by atoms with E-state index in [1.807, 2.05) is 52.0 Å². The summed E-state index contributed by atoms with van der Waals surface area (Å²) in [5.41, 5.74) is 2.11. The number of carbonyl (C=O) groups is 2. The maximum absolute atomic E-state index is 13.1. The molecule has 162 valence electrons. The summed E-state index contributed by atoms with van der Waals surface area (Å²) in [6, 6.07) is 14.4. The van der Waals surface area contributed by atoms with Crippen molar-refractivity contribution in [2.75, 3.05) is 13.7 Å². The van der Waals surface area contributed by atoms with Crippen LogP contribution in [-0.2, 0) is 16.1 Å². The second-order valence-electron chi connectivity index (χ2n) is 7.56. The minimum absolute atomic E-state index is 0.00146. The molecule has 0 aliphatic carbocycles. The Morgan fingerprint density at radius 1 is 1.00 bits per heavy atom. The summed E-state index contributed by atoms with van der Waals surface area (Å²) < 4.78 is 10.8. The van der Waals surface area contributed by atoms with Crippen LogP contribution in [-0.4, -0.2) is 42.5 Å². The van der Waals surface area contributed by atoms with Gasteiger partial charge in [-0.3, -0.25) is 9.59 Å². The molecule has 0 spiro atoms. The molecule has 2 aromatic carbocycles. The number of aryl methyl sites for hydroxylation is 1. The number of hydrogen-bond acceptors (Lipinski definition) is 4. The Hall–Kier alpha value is -3.02. The molecule has 6 nitrogen and oxygen atoms in total. The SMILES string of the molecule is CC[C@@H](C(=O)NC(C)C)N(Cc1ccc(C)cc1)C(=O)COc1ccc(OC)cc1. The van der Waals surface area contributed by atoms with Gasteiger partial charge >= 0.3 is 0 Å². The van der Waals surface area contributed by atoms with Crippen molar-refractivity contribution in [3.05, 3.63) is 59.7 Å². The van der Waals surface area contributed by atoms with E-state index in [-0.39, 0.29) is 24.5 Å². The number of nitrogens with one attached hydrogen (secondary N) is 1. The van der Waals surface area contributed by atoms with Gasteiger partial charge in [-0.25, -0.2) is 0 Å². The van der Waals surface area contributed by atoms with Gasteiger partial charge in [0, 0.05) is 12.6 Å². The Kier molecular flexibility index (Phi) is 8.71. The Labute approximate surface area is 179 Å². The lowest BCUT2D eigenvalue weighted by atomic mass is 10.1. The summed E-state index contributed by atoms with van der Waals surface area (Å²) in [4.78, 5) is 27.5. The molecule has 0 radical (unpaired) electrons. The third-order valence-electron chi connectivity index (χ3n) is 4.71. The molecule has 0 saturated carbocycles. The van der Waals surface area contributed by atoms with E-state index in [9.17, 15) is 9.59 Å². The van der Waals surface area contributed by atoms with Crippen LogP contribution in [0.5, 0.6) is 11.5 Å². The molecule has 0 fully saturated rings. The van der Waals surface area contributed by atoms with E-state index in [1.54, 1.807) is 36.3 Å². The summed E-state index contributed by atoms with van der Waals surface area (Å²) in [7, 11) is 1.59. The number of methoxy groups -OCH3 is 1. The van der Waals surface area contributed by atoms with Crippen LogP contribution < -0.4 is 14.8 Å². The van der Waals surface area contributed by atoms with Crippen LogP contribution in [0.1, 0.15) is 38.3 Å².